The third-order valence-electron chi connectivity index (χ3n) is 1.14. The van der Waals surface area contributed by atoms with Crippen LogP contribution in [-0.4, -0.2) is 6.29 Å². The number of allylic oxidation sites excluding steroid dienone is 1. The molecule has 0 atom stereocenters. The SMILES string of the molecule is Cl.O=[C-]C=Cc1ccccc1.[Pd]. The predicted molar refractivity (Wildman–Crippen MR) is 48.4 cm³/mol. The fraction of sp³-hybridized carbons (Fsp3) is 0. The molecule has 1 aromatic rings. The zero-order valence-corrected chi connectivity index (χ0v) is 8.55. The van der Waals surface area contributed by atoms with Crippen molar-refractivity contribution in [3.05, 3.63) is 42.0 Å². The summed E-state index contributed by atoms with van der Waals surface area (Å²) in [5, 5.41) is 0. The molecule has 1 nitrogen and oxygen atoms in total. The normalized spacial score (nSPS) is 8.33. The Balaban J connectivity index is 0. The van der Waals surface area contributed by atoms with Gasteiger partial charge < -0.3 is 4.79 Å². The molecule has 0 aliphatic rings. The predicted octanol–water partition coefficient (Wildman–Crippen LogP) is 2.23. The van der Waals surface area contributed by atoms with Gasteiger partial charge in [0.25, 0.3) is 0 Å². The minimum Gasteiger partial charge on any atom is -0.419 e. The van der Waals surface area contributed by atoms with Crippen LogP contribution in [0, 0.1) is 0 Å². The van der Waals surface area contributed by atoms with Gasteiger partial charge in [-0.1, -0.05) is 30.3 Å². The second kappa shape index (κ2) is 8.68. The Morgan fingerprint density at radius 1 is 1.17 bits per heavy atom. The maximum Gasteiger partial charge on any atom is 0 e. The maximum atomic E-state index is 9.77. The van der Waals surface area contributed by atoms with Gasteiger partial charge in [0.15, 0.2) is 0 Å². The number of benzene rings is 1. The minimum absolute atomic E-state index is 0. The molecule has 0 unspecified atom stereocenters. The molecule has 0 aromatic heterocycles. The molecule has 0 bridgehead atoms. The summed E-state index contributed by atoms with van der Waals surface area (Å²) in [4.78, 5) is 9.77. The van der Waals surface area contributed by atoms with E-state index in [1.165, 1.54) is 6.08 Å². The summed E-state index contributed by atoms with van der Waals surface area (Å²) in [5.41, 5.74) is 1.02. The first-order valence-corrected chi connectivity index (χ1v) is 3.03. The Bertz CT molecular complexity index is 234. The zero-order valence-electron chi connectivity index (χ0n) is 6.17. The van der Waals surface area contributed by atoms with Gasteiger partial charge in [0.05, 0.1) is 0 Å². The van der Waals surface area contributed by atoms with E-state index in [1.807, 2.05) is 30.3 Å². The van der Waals surface area contributed by atoms with E-state index < -0.39 is 0 Å². The third kappa shape index (κ3) is 5.26. The fourth-order valence-corrected chi connectivity index (χ4v) is 0.694. The standard InChI is InChI=1S/C9H7O.ClH.Pd/c10-8-4-7-9-5-2-1-3-6-9;;/h1-7H;1H;/q-1;;. The summed E-state index contributed by atoms with van der Waals surface area (Å²) < 4.78 is 0. The van der Waals surface area contributed by atoms with Crippen LogP contribution in [0.4, 0.5) is 0 Å². The molecule has 0 heterocycles. The number of hydrogen-bond donors (Lipinski definition) is 0. The van der Waals surface area contributed by atoms with Gasteiger partial charge in [-0.3, -0.25) is 0 Å². The molecule has 1 aromatic carbocycles. The summed E-state index contributed by atoms with van der Waals surface area (Å²) in [7, 11) is 0. The molecule has 0 amide bonds. The van der Waals surface area contributed by atoms with Crippen LogP contribution in [-0.2, 0) is 25.2 Å². The van der Waals surface area contributed by atoms with E-state index in [0.29, 0.717) is 0 Å². The molecule has 12 heavy (non-hydrogen) atoms. The monoisotopic (exact) mass is 273 g/mol. The van der Waals surface area contributed by atoms with Gasteiger partial charge in [0.2, 0.25) is 0 Å². The van der Waals surface area contributed by atoms with E-state index in [1.54, 1.807) is 12.4 Å². The van der Waals surface area contributed by atoms with Crippen molar-refractivity contribution < 1.29 is 25.2 Å². The topological polar surface area (TPSA) is 17.1 Å². The summed E-state index contributed by atoms with van der Waals surface area (Å²) in [6, 6.07) is 9.62. The van der Waals surface area contributed by atoms with Crippen molar-refractivity contribution in [2.75, 3.05) is 0 Å². The van der Waals surface area contributed by atoms with Gasteiger partial charge in [0, 0.05) is 20.4 Å². The molecule has 0 saturated heterocycles. The summed E-state index contributed by atoms with van der Waals surface area (Å²) in [5.74, 6) is 0. The van der Waals surface area contributed by atoms with E-state index in [-0.39, 0.29) is 32.8 Å². The summed E-state index contributed by atoms with van der Waals surface area (Å²) in [6.07, 6.45) is 4.76. The molecule has 1 rings (SSSR count). The Hall–Kier alpha value is -0.418. The average molecular weight is 274 g/mol. The summed E-state index contributed by atoms with van der Waals surface area (Å²) in [6.45, 7) is 0. The van der Waals surface area contributed by atoms with Crippen LogP contribution in [0.15, 0.2) is 36.4 Å². The van der Waals surface area contributed by atoms with Gasteiger partial charge in [0.1, 0.15) is 0 Å². The van der Waals surface area contributed by atoms with Crippen molar-refractivity contribution in [3.8, 4) is 0 Å². The Morgan fingerprint density at radius 3 is 2.25 bits per heavy atom. The van der Waals surface area contributed by atoms with Gasteiger partial charge in [-0.2, -0.15) is 6.08 Å². The van der Waals surface area contributed by atoms with Crippen molar-refractivity contribution in [1.29, 1.82) is 0 Å². The fourth-order valence-electron chi connectivity index (χ4n) is 0.694. The Kier molecular flexibility index (Phi) is 10.2. The van der Waals surface area contributed by atoms with Crippen LogP contribution in [0.2, 0.25) is 0 Å². The minimum atomic E-state index is 0. The molecule has 0 radical (unpaired) electrons. The number of carbonyl (C=O) groups excluding carboxylic acids is 1. The van der Waals surface area contributed by atoms with Crippen LogP contribution < -0.4 is 0 Å². The quantitative estimate of drug-likeness (QED) is 0.459. The van der Waals surface area contributed by atoms with Crippen LogP contribution in [0.1, 0.15) is 5.56 Å². The van der Waals surface area contributed by atoms with Crippen LogP contribution in [0.25, 0.3) is 6.08 Å². The molecule has 0 aliphatic carbocycles. The first-order chi connectivity index (χ1) is 4.93. The van der Waals surface area contributed by atoms with Crippen molar-refractivity contribution >= 4 is 24.8 Å². The van der Waals surface area contributed by atoms with E-state index in [9.17, 15) is 4.79 Å². The Labute approximate surface area is 91.9 Å². The van der Waals surface area contributed by atoms with Gasteiger partial charge in [-0.05, 0) is 6.29 Å². The van der Waals surface area contributed by atoms with Gasteiger partial charge >= 0.3 is 0 Å². The van der Waals surface area contributed by atoms with Crippen molar-refractivity contribution in [2.45, 2.75) is 0 Å². The Morgan fingerprint density at radius 2 is 1.75 bits per heavy atom. The number of hydrogen-bond acceptors (Lipinski definition) is 1. The number of rotatable bonds is 2. The third-order valence-corrected chi connectivity index (χ3v) is 1.14. The molecule has 0 aliphatic heterocycles. The molecule has 3 heteroatoms. The van der Waals surface area contributed by atoms with Gasteiger partial charge in [-0.25, -0.2) is 6.08 Å². The molecule has 0 fully saturated rings. The van der Waals surface area contributed by atoms with Crippen molar-refractivity contribution in [2.24, 2.45) is 0 Å². The molecule has 68 valence electrons. The smallest absolute Gasteiger partial charge is 0 e. The summed E-state index contributed by atoms with van der Waals surface area (Å²) >= 11 is 0. The van der Waals surface area contributed by atoms with E-state index in [4.69, 9.17) is 0 Å². The average Bonchev–Trinajstić information content (AvgIpc) is 2.03. The van der Waals surface area contributed by atoms with Crippen LogP contribution in [0.3, 0.4) is 0 Å². The number of halogens is 1. The van der Waals surface area contributed by atoms with E-state index in [0.717, 1.165) is 5.56 Å². The molecule has 0 saturated carbocycles. The van der Waals surface area contributed by atoms with Crippen molar-refractivity contribution in [3.63, 3.8) is 0 Å². The molecule has 0 spiro atoms. The second-order valence-corrected chi connectivity index (χ2v) is 1.86. The second-order valence-electron chi connectivity index (χ2n) is 1.86. The zero-order chi connectivity index (χ0) is 7.23. The molecule has 0 N–H and O–H groups in total. The first-order valence-electron chi connectivity index (χ1n) is 3.03. The van der Waals surface area contributed by atoms with E-state index >= 15 is 0 Å². The largest absolute Gasteiger partial charge is 0.419 e. The van der Waals surface area contributed by atoms with Crippen LogP contribution in [0.5, 0.6) is 0 Å². The van der Waals surface area contributed by atoms with Crippen molar-refractivity contribution in [1.82, 2.24) is 0 Å². The molecular formula is C9H8ClOPd-. The van der Waals surface area contributed by atoms with Crippen LogP contribution >= 0.6 is 12.4 Å². The van der Waals surface area contributed by atoms with Gasteiger partial charge in [-0.15, -0.1) is 18.0 Å². The van der Waals surface area contributed by atoms with E-state index in [2.05, 4.69) is 0 Å². The molecular weight excluding hydrogens is 266 g/mol. The maximum absolute atomic E-state index is 9.77. The first kappa shape index (κ1) is 14.1.